The predicted octanol–water partition coefficient (Wildman–Crippen LogP) is 1.70. The van der Waals surface area contributed by atoms with Gasteiger partial charge in [-0.15, -0.1) is 0 Å². The fourth-order valence-corrected chi connectivity index (χ4v) is 1.90. The summed E-state index contributed by atoms with van der Waals surface area (Å²) in [6.07, 6.45) is 2.01. The van der Waals surface area contributed by atoms with Gasteiger partial charge in [0.2, 0.25) is 5.91 Å². The van der Waals surface area contributed by atoms with E-state index in [1.807, 2.05) is 42.5 Å². The van der Waals surface area contributed by atoms with Crippen molar-refractivity contribution in [3.05, 3.63) is 59.9 Å². The van der Waals surface area contributed by atoms with Crippen LogP contribution in [0, 0.1) is 0 Å². The molecule has 0 aliphatic heterocycles. The highest BCUT2D eigenvalue weighted by atomic mass is 16.5. The molecule has 0 aliphatic carbocycles. The molecule has 1 unspecified atom stereocenters. The lowest BCUT2D eigenvalue weighted by molar-refractivity contribution is -0.121. The molecule has 22 heavy (non-hydrogen) atoms. The number of nitrogens with zero attached hydrogens (tertiary/aromatic N) is 1. The van der Waals surface area contributed by atoms with Gasteiger partial charge in [-0.1, -0.05) is 18.2 Å². The van der Waals surface area contributed by atoms with Crippen LogP contribution in [0.4, 0.5) is 0 Å². The van der Waals surface area contributed by atoms with Crippen LogP contribution in [0.5, 0.6) is 5.75 Å². The van der Waals surface area contributed by atoms with Crippen LogP contribution in [0.3, 0.4) is 0 Å². The van der Waals surface area contributed by atoms with E-state index in [2.05, 4.69) is 10.3 Å². The normalized spacial score (nSPS) is 11.7. The van der Waals surface area contributed by atoms with Crippen LogP contribution >= 0.6 is 0 Å². The standard InChI is InChI=1S/C17H20N2O3/c1-13(11-20)19-17(21)10-14-5-7-16(8-6-14)22-12-15-4-2-3-9-18-15/h2-9,13,20H,10-12H2,1H3,(H,19,21). The van der Waals surface area contributed by atoms with E-state index in [9.17, 15) is 4.79 Å². The summed E-state index contributed by atoms with van der Waals surface area (Å²) >= 11 is 0. The molecule has 0 radical (unpaired) electrons. The number of aromatic nitrogens is 1. The quantitative estimate of drug-likeness (QED) is 0.816. The van der Waals surface area contributed by atoms with Crippen molar-refractivity contribution in [1.82, 2.24) is 10.3 Å². The second-order valence-corrected chi connectivity index (χ2v) is 5.08. The zero-order valence-corrected chi connectivity index (χ0v) is 12.5. The Morgan fingerprint density at radius 1 is 1.27 bits per heavy atom. The van der Waals surface area contributed by atoms with Crippen molar-refractivity contribution in [3.63, 3.8) is 0 Å². The Morgan fingerprint density at radius 3 is 2.68 bits per heavy atom. The molecule has 0 fully saturated rings. The average Bonchev–Trinajstić information content (AvgIpc) is 2.55. The van der Waals surface area contributed by atoms with E-state index in [-0.39, 0.29) is 25.0 Å². The second-order valence-electron chi connectivity index (χ2n) is 5.08. The Balaban J connectivity index is 1.83. The first-order valence-electron chi connectivity index (χ1n) is 7.19. The number of pyridine rings is 1. The highest BCUT2D eigenvalue weighted by Crippen LogP contribution is 2.14. The van der Waals surface area contributed by atoms with Crippen LogP contribution in [0.1, 0.15) is 18.2 Å². The SMILES string of the molecule is CC(CO)NC(=O)Cc1ccc(OCc2ccccn2)cc1. The molecule has 1 aromatic heterocycles. The molecule has 2 rings (SSSR count). The van der Waals surface area contributed by atoms with Gasteiger partial charge in [-0.25, -0.2) is 0 Å². The van der Waals surface area contributed by atoms with Crippen molar-refractivity contribution in [1.29, 1.82) is 0 Å². The molecular formula is C17H20N2O3. The van der Waals surface area contributed by atoms with E-state index in [0.29, 0.717) is 6.61 Å². The van der Waals surface area contributed by atoms with Crippen molar-refractivity contribution in [3.8, 4) is 5.75 Å². The van der Waals surface area contributed by atoms with E-state index in [4.69, 9.17) is 9.84 Å². The van der Waals surface area contributed by atoms with E-state index in [1.165, 1.54) is 0 Å². The molecule has 5 nitrogen and oxygen atoms in total. The third-order valence-electron chi connectivity index (χ3n) is 3.08. The molecule has 0 saturated carbocycles. The fourth-order valence-electron chi connectivity index (χ4n) is 1.90. The molecule has 1 amide bonds. The van der Waals surface area contributed by atoms with Crippen LogP contribution in [-0.4, -0.2) is 28.6 Å². The zero-order chi connectivity index (χ0) is 15.8. The first-order valence-corrected chi connectivity index (χ1v) is 7.19. The van der Waals surface area contributed by atoms with Gasteiger partial charge in [0.05, 0.1) is 18.7 Å². The van der Waals surface area contributed by atoms with Gasteiger partial charge >= 0.3 is 0 Å². The molecule has 0 aliphatic rings. The minimum absolute atomic E-state index is 0.0635. The summed E-state index contributed by atoms with van der Waals surface area (Å²) in [5.41, 5.74) is 1.76. The van der Waals surface area contributed by atoms with Gasteiger partial charge in [0.1, 0.15) is 12.4 Å². The molecule has 5 heteroatoms. The molecule has 2 aromatic rings. The number of aliphatic hydroxyl groups excluding tert-OH is 1. The van der Waals surface area contributed by atoms with Crippen molar-refractivity contribution < 1.29 is 14.6 Å². The molecule has 1 atom stereocenters. The number of hydrogen-bond donors (Lipinski definition) is 2. The topological polar surface area (TPSA) is 71.5 Å². The van der Waals surface area contributed by atoms with Crippen molar-refractivity contribution >= 4 is 5.91 Å². The van der Waals surface area contributed by atoms with Crippen LogP contribution in [0.25, 0.3) is 0 Å². The van der Waals surface area contributed by atoms with Gasteiger partial charge in [-0.2, -0.15) is 0 Å². The van der Waals surface area contributed by atoms with Gasteiger partial charge in [0.15, 0.2) is 0 Å². The number of amides is 1. The van der Waals surface area contributed by atoms with E-state index in [0.717, 1.165) is 17.0 Å². The maximum atomic E-state index is 11.7. The largest absolute Gasteiger partial charge is 0.487 e. The summed E-state index contributed by atoms with van der Waals surface area (Å²) in [5.74, 6) is 0.627. The smallest absolute Gasteiger partial charge is 0.224 e. The Morgan fingerprint density at radius 2 is 2.05 bits per heavy atom. The van der Waals surface area contributed by atoms with Gasteiger partial charge in [0, 0.05) is 12.2 Å². The molecule has 1 aromatic carbocycles. The number of hydrogen-bond acceptors (Lipinski definition) is 4. The molecule has 1 heterocycles. The summed E-state index contributed by atoms with van der Waals surface area (Å²) in [6.45, 7) is 2.10. The Hall–Kier alpha value is -2.40. The Kier molecular flexibility index (Phi) is 5.91. The minimum atomic E-state index is -0.228. The van der Waals surface area contributed by atoms with Crippen LogP contribution in [0.15, 0.2) is 48.7 Å². The van der Waals surface area contributed by atoms with E-state index in [1.54, 1.807) is 13.1 Å². The number of ether oxygens (including phenoxy) is 1. The minimum Gasteiger partial charge on any atom is -0.487 e. The maximum Gasteiger partial charge on any atom is 0.224 e. The van der Waals surface area contributed by atoms with Crippen LogP contribution in [-0.2, 0) is 17.8 Å². The van der Waals surface area contributed by atoms with Crippen LogP contribution in [0.2, 0.25) is 0 Å². The first kappa shape index (κ1) is 16.0. The van der Waals surface area contributed by atoms with Gasteiger partial charge < -0.3 is 15.2 Å². The summed E-state index contributed by atoms with van der Waals surface area (Å²) in [5, 5.41) is 11.6. The zero-order valence-electron chi connectivity index (χ0n) is 12.5. The lowest BCUT2D eigenvalue weighted by Crippen LogP contribution is -2.35. The lowest BCUT2D eigenvalue weighted by Gasteiger charge is -2.11. The summed E-state index contributed by atoms with van der Waals surface area (Å²) in [7, 11) is 0. The number of nitrogens with one attached hydrogen (secondary N) is 1. The molecule has 0 saturated heterocycles. The fraction of sp³-hybridized carbons (Fsp3) is 0.294. The summed E-state index contributed by atoms with van der Waals surface area (Å²) in [6, 6.07) is 12.8. The third-order valence-corrected chi connectivity index (χ3v) is 3.08. The van der Waals surface area contributed by atoms with Crippen molar-refractivity contribution in [2.45, 2.75) is 26.0 Å². The van der Waals surface area contributed by atoms with Gasteiger partial charge in [0.25, 0.3) is 0 Å². The highest BCUT2D eigenvalue weighted by Gasteiger charge is 2.07. The van der Waals surface area contributed by atoms with E-state index < -0.39 is 0 Å². The molecule has 2 N–H and O–H groups in total. The monoisotopic (exact) mass is 300 g/mol. The van der Waals surface area contributed by atoms with Gasteiger partial charge in [-0.05, 0) is 36.8 Å². The summed E-state index contributed by atoms with van der Waals surface area (Å²) < 4.78 is 5.64. The third kappa shape index (κ3) is 5.18. The number of benzene rings is 1. The number of rotatable bonds is 7. The van der Waals surface area contributed by atoms with Crippen LogP contribution < -0.4 is 10.1 Å². The maximum absolute atomic E-state index is 11.7. The molecule has 116 valence electrons. The Labute approximate surface area is 130 Å². The summed E-state index contributed by atoms with van der Waals surface area (Å²) in [4.78, 5) is 15.9. The van der Waals surface area contributed by atoms with Gasteiger partial charge in [-0.3, -0.25) is 9.78 Å². The van der Waals surface area contributed by atoms with Crippen molar-refractivity contribution in [2.24, 2.45) is 0 Å². The number of carbonyl (C=O) groups excluding carboxylic acids is 1. The average molecular weight is 300 g/mol. The lowest BCUT2D eigenvalue weighted by atomic mass is 10.1. The number of carbonyl (C=O) groups is 1. The number of aliphatic hydroxyl groups is 1. The highest BCUT2D eigenvalue weighted by molar-refractivity contribution is 5.78. The Bertz CT molecular complexity index is 585. The van der Waals surface area contributed by atoms with E-state index >= 15 is 0 Å². The second kappa shape index (κ2) is 8.14. The first-order chi connectivity index (χ1) is 10.7. The van der Waals surface area contributed by atoms with Crippen molar-refractivity contribution in [2.75, 3.05) is 6.61 Å². The molecule has 0 bridgehead atoms. The predicted molar refractivity (Wildman–Crippen MR) is 83.4 cm³/mol. The molecule has 0 spiro atoms. The molecular weight excluding hydrogens is 280 g/mol.